The van der Waals surface area contributed by atoms with Crippen LogP contribution in [0.2, 0.25) is 0 Å². The van der Waals surface area contributed by atoms with E-state index >= 15 is 0 Å². The van der Waals surface area contributed by atoms with E-state index in [1.54, 1.807) is 39.2 Å². The number of methoxy groups -OCH3 is 2. The van der Waals surface area contributed by atoms with Gasteiger partial charge in [-0.25, -0.2) is 4.79 Å². The number of hydrogen-bond donors (Lipinski definition) is 1. The Labute approximate surface area is 107 Å². The molecule has 0 aliphatic carbocycles. The van der Waals surface area contributed by atoms with Crippen LogP contribution < -0.4 is 15.2 Å². The van der Waals surface area contributed by atoms with Crippen molar-refractivity contribution >= 4 is 5.97 Å². The largest absolute Gasteiger partial charge is 0.497 e. The van der Waals surface area contributed by atoms with Crippen LogP contribution in [0.25, 0.3) is 0 Å². The number of benzene rings is 1. The van der Waals surface area contributed by atoms with Crippen LogP contribution in [0, 0.1) is 0 Å². The zero-order valence-electron chi connectivity index (χ0n) is 11.1. The quantitative estimate of drug-likeness (QED) is 0.804. The second kappa shape index (κ2) is 5.73. The fourth-order valence-electron chi connectivity index (χ4n) is 1.61. The van der Waals surface area contributed by atoms with Crippen LogP contribution in [-0.2, 0) is 15.1 Å². The smallest absolute Gasteiger partial charge is 0.330 e. The summed E-state index contributed by atoms with van der Waals surface area (Å²) in [5.41, 5.74) is 5.31. The molecule has 0 aliphatic heterocycles. The topological polar surface area (TPSA) is 70.8 Å². The number of carbonyl (C=O) groups excluding carboxylic acids is 1. The minimum Gasteiger partial charge on any atom is -0.497 e. The van der Waals surface area contributed by atoms with E-state index in [9.17, 15) is 4.79 Å². The van der Waals surface area contributed by atoms with E-state index in [-0.39, 0.29) is 6.61 Å². The molecule has 0 fully saturated rings. The normalized spacial score (nSPS) is 13.6. The molecule has 5 nitrogen and oxygen atoms in total. The minimum atomic E-state index is -1.28. The first-order valence-electron chi connectivity index (χ1n) is 5.66. The minimum absolute atomic E-state index is 0.276. The summed E-state index contributed by atoms with van der Waals surface area (Å²) in [7, 11) is 3.07. The van der Waals surface area contributed by atoms with E-state index in [0.717, 1.165) is 0 Å². The van der Waals surface area contributed by atoms with Crippen LogP contribution in [-0.4, -0.2) is 26.8 Å². The Balaban J connectivity index is 3.23. The SMILES string of the molecule is CCOC(=O)C(C)(N)c1cc(OC)ccc1OC. The lowest BCUT2D eigenvalue weighted by molar-refractivity contribution is -0.149. The standard InChI is InChI=1S/C13H19NO4/c1-5-18-12(15)13(2,14)10-8-9(16-3)6-7-11(10)17-4/h6-8H,5,14H2,1-4H3. The van der Waals surface area contributed by atoms with Crippen molar-refractivity contribution < 1.29 is 19.0 Å². The summed E-state index contributed by atoms with van der Waals surface area (Å²) in [6, 6.07) is 5.12. The lowest BCUT2D eigenvalue weighted by Gasteiger charge is -2.25. The van der Waals surface area contributed by atoms with Gasteiger partial charge in [0.25, 0.3) is 0 Å². The fraction of sp³-hybridized carbons (Fsp3) is 0.462. The summed E-state index contributed by atoms with van der Waals surface area (Å²) in [5.74, 6) is 0.622. The summed E-state index contributed by atoms with van der Waals surface area (Å²) in [5, 5.41) is 0. The highest BCUT2D eigenvalue weighted by atomic mass is 16.5. The molecule has 0 aliphatic rings. The Morgan fingerprint density at radius 3 is 2.50 bits per heavy atom. The second-order valence-electron chi connectivity index (χ2n) is 3.99. The summed E-state index contributed by atoms with van der Waals surface area (Å²) in [4.78, 5) is 11.9. The molecule has 0 bridgehead atoms. The van der Waals surface area contributed by atoms with Crippen LogP contribution in [0.15, 0.2) is 18.2 Å². The van der Waals surface area contributed by atoms with Crippen molar-refractivity contribution in [1.82, 2.24) is 0 Å². The summed E-state index contributed by atoms with van der Waals surface area (Å²) < 4.78 is 15.3. The molecule has 0 heterocycles. The maximum atomic E-state index is 11.9. The van der Waals surface area contributed by atoms with Crippen molar-refractivity contribution in [1.29, 1.82) is 0 Å². The molecule has 1 aromatic rings. The van der Waals surface area contributed by atoms with Gasteiger partial charge in [0.05, 0.1) is 20.8 Å². The maximum absolute atomic E-state index is 11.9. The molecule has 0 saturated carbocycles. The highest BCUT2D eigenvalue weighted by Gasteiger charge is 2.35. The number of carbonyl (C=O) groups is 1. The lowest BCUT2D eigenvalue weighted by atomic mass is 9.92. The molecule has 100 valence electrons. The van der Waals surface area contributed by atoms with Gasteiger partial charge in [-0.15, -0.1) is 0 Å². The molecule has 0 saturated heterocycles. The molecule has 0 radical (unpaired) electrons. The average Bonchev–Trinajstić information content (AvgIpc) is 2.38. The first-order chi connectivity index (χ1) is 8.47. The van der Waals surface area contributed by atoms with Crippen LogP contribution in [0.3, 0.4) is 0 Å². The summed E-state index contributed by atoms with van der Waals surface area (Å²) >= 11 is 0. The molecule has 1 rings (SSSR count). The van der Waals surface area contributed by atoms with Gasteiger partial charge in [-0.3, -0.25) is 0 Å². The molecule has 1 unspecified atom stereocenters. The first-order valence-corrected chi connectivity index (χ1v) is 5.66. The predicted octanol–water partition coefficient (Wildman–Crippen LogP) is 1.44. The third-order valence-corrected chi connectivity index (χ3v) is 2.67. The fourth-order valence-corrected chi connectivity index (χ4v) is 1.61. The van der Waals surface area contributed by atoms with E-state index in [1.807, 2.05) is 0 Å². The van der Waals surface area contributed by atoms with E-state index in [4.69, 9.17) is 19.9 Å². The predicted molar refractivity (Wildman–Crippen MR) is 67.7 cm³/mol. The molecule has 0 aromatic heterocycles. The first kappa shape index (κ1) is 14.3. The molecule has 1 aromatic carbocycles. The monoisotopic (exact) mass is 253 g/mol. The number of rotatable bonds is 5. The summed E-state index contributed by atoms with van der Waals surface area (Å²) in [6.45, 7) is 3.59. The Kier molecular flexibility index (Phi) is 4.55. The van der Waals surface area contributed by atoms with Crippen molar-refractivity contribution in [2.45, 2.75) is 19.4 Å². The highest BCUT2D eigenvalue weighted by molar-refractivity contribution is 5.83. The van der Waals surface area contributed by atoms with Crippen molar-refractivity contribution in [3.05, 3.63) is 23.8 Å². The van der Waals surface area contributed by atoms with Crippen molar-refractivity contribution in [3.63, 3.8) is 0 Å². The Hall–Kier alpha value is -1.75. The van der Waals surface area contributed by atoms with Gasteiger partial charge in [0.15, 0.2) is 0 Å². The van der Waals surface area contributed by atoms with Gasteiger partial charge in [0, 0.05) is 5.56 Å². The van der Waals surface area contributed by atoms with E-state index < -0.39 is 11.5 Å². The van der Waals surface area contributed by atoms with Crippen LogP contribution in [0.4, 0.5) is 0 Å². The number of nitrogens with two attached hydrogens (primary N) is 1. The molecule has 5 heteroatoms. The number of hydrogen-bond acceptors (Lipinski definition) is 5. The van der Waals surface area contributed by atoms with Gasteiger partial charge in [0.2, 0.25) is 0 Å². The van der Waals surface area contributed by atoms with Gasteiger partial charge >= 0.3 is 5.97 Å². The van der Waals surface area contributed by atoms with Crippen molar-refractivity contribution in [2.24, 2.45) is 5.73 Å². The van der Waals surface area contributed by atoms with Gasteiger partial charge in [-0.05, 0) is 32.0 Å². The van der Waals surface area contributed by atoms with Crippen LogP contribution >= 0.6 is 0 Å². The highest BCUT2D eigenvalue weighted by Crippen LogP contribution is 2.32. The molecule has 0 amide bonds. The lowest BCUT2D eigenvalue weighted by Crippen LogP contribution is -2.43. The number of ether oxygens (including phenoxy) is 3. The average molecular weight is 253 g/mol. The zero-order chi connectivity index (χ0) is 13.8. The van der Waals surface area contributed by atoms with Gasteiger partial charge in [-0.1, -0.05) is 0 Å². The van der Waals surface area contributed by atoms with E-state index in [0.29, 0.717) is 17.1 Å². The van der Waals surface area contributed by atoms with E-state index in [2.05, 4.69) is 0 Å². The zero-order valence-corrected chi connectivity index (χ0v) is 11.1. The van der Waals surface area contributed by atoms with Crippen LogP contribution in [0.5, 0.6) is 11.5 Å². The van der Waals surface area contributed by atoms with Gasteiger partial charge in [0.1, 0.15) is 17.0 Å². The molecule has 0 spiro atoms. The third-order valence-electron chi connectivity index (χ3n) is 2.67. The molecule has 1 atom stereocenters. The number of esters is 1. The van der Waals surface area contributed by atoms with E-state index in [1.165, 1.54) is 7.11 Å². The van der Waals surface area contributed by atoms with Crippen molar-refractivity contribution in [2.75, 3.05) is 20.8 Å². The molecule has 18 heavy (non-hydrogen) atoms. The molecular weight excluding hydrogens is 234 g/mol. The van der Waals surface area contributed by atoms with Crippen LogP contribution in [0.1, 0.15) is 19.4 Å². The van der Waals surface area contributed by atoms with Gasteiger partial charge < -0.3 is 19.9 Å². The maximum Gasteiger partial charge on any atom is 0.330 e. The second-order valence-corrected chi connectivity index (χ2v) is 3.99. The van der Waals surface area contributed by atoms with Gasteiger partial charge in [-0.2, -0.15) is 0 Å². The molecular formula is C13H19NO4. The van der Waals surface area contributed by atoms with Crippen molar-refractivity contribution in [3.8, 4) is 11.5 Å². The Bertz CT molecular complexity index is 429. The molecule has 2 N–H and O–H groups in total. The Morgan fingerprint density at radius 1 is 1.33 bits per heavy atom. The summed E-state index contributed by atoms with van der Waals surface area (Å²) in [6.07, 6.45) is 0. The Morgan fingerprint density at radius 2 is 2.00 bits per heavy atom. The third kappa shape index (κ3) is 2.73.